The average molecular weight is 372 g/mol. The molecule has 0 aliphatic rings. The molecule has 5 nitrogen and oxygen atoms in total. The minimum absolute atomic E-state index is 0.0386. The Bertz CT molecular complexity index is 602. The third-order valence-corrected chi connectivity index (χ3v) is 3.75. The standard InChI is InChI=1S/C18H27F3N4O/c1-4-22-17(25-11-10-23-14(3)26)24-9-8-13(2)15-6-5-7-16(12-15)18(19,20)21/h5-7,12-13H,4,8-11H2,1-3H3,(H,23,26)(H2,22,24,25). The first-order chi connectivity index (χ1) is 12.2. The van der Waals surface area contributed by atoms with Crippen LogP contribution in [0.25, 0.3) is 0 Å². The molecule has 26 heavy (non-hydrogen) atoms. The molecule has 0 radical (unpaired) electrons. The fraction of sp³-hybridized carbons (Fsp3) is 0.556. The normalized spacial score (nSPS) is 13.2. The molecule has 146 valence electrons. The molecule has 0 aliphatic carbocycles. The van der Waals surface area contributed by atoms with Gasteiger partial charge < -0.3 is 16.0 Å². The number of alkyl halides is 3. The monoisotopic (exact) mass is 372 g/mol. The van der Waals surface area contributed by atoms with Crippen LogP contribution in [0.15, 0.2) is 29.3 Å². The van der Waals surface area contributed by atoms with E-state index in [1.54, 1.807) is 6.07 Å². The largest absolute Gasteiger partial charge is 0.416 e. The zero-order chi connectivity index (χ0) is 19.6. The minimum atomic E-state index is -4.33. The van der Waals surface area contributed by atoms with Crippen molar-refractivity contribution in [3.05, 3.63) is 35.4 Å². The number of nitrogens with zero attached hydrogens (tertiary/aromatic N) is 1. The number of amides is 1. The van der Waals surface area contributed by atoms with Gasteiger partial charge in [0, 0.05) is 33.1 Å². The first-order valence-electron chi connectivity index (χ1n) is 8.67. The van der Waals surface area contributed by atoms with Crippen LogP contribution >= 0.6 is 0 Å². The van der Waals surface area contributed by atoms with Crippen LogP contribution in [0.4, 0.5) is 13.2 Å². The molecule has 8 heteroatoms. The highest BCUT2D eigenvalue weighted by molar-refractivity contribution is 5.79. The summed E-state index contributed by atoms with van der Waals surface area (Å²) in [6, 6.07) is 5.42. The van der Waals surface area contributed by atoms with Crippen LogP contribution in [-0.4, -0.2) is 38.0 Å². The molecule has 1 aromatic rings. The second kappa shape index (κ2) is 10.7. The predicted octanol–water partition coefficient (Wildman–Crippen LogP) is 2.89. The molecule has 1 rings (SSSR count). The number of hydrogen-bond donors (Lipinski definition) is 3. The van der Waals surface area contributed by atoms with Gasteiger partial charge in [0.2, 0.25) is 5.91 Å². The highest BCUT2D eigenvalue weighted by Gasteiger charge is 2.30. The Kier molecular flexibility index (Phi) is 8.95. The lowest BCUT2D eigenvalue weighted by atomic mass is 9.96. The van der Waals surface area contributed by atoms with E-state index in [-0.39, 0.29) is 11.8 Å². The first-order valence-corrected chi connectivity index (χ1v) is 8.67. The van der Waals surface area contributed by atoms with Gasteiger partial charge in [-0.2, -0.15) is 13.2 Å². The number of aliphatic imine (C=N–C) groups is 1. The second-order valence-electron chi connectivity index (χ2n) is 5.98. The van der Waals surface area contributed by atoms with Crippen molar-refractivity contribution in [2.24, 2.45) is 4.99 Å². The van der Waals surface area contributed by atoms with E-state index in [9.17, 15) is 18.0 Å². The summed E-state index contributed by atoms with van der Waals surface area (Å²) in [6.45, 7) is 7.48. The van der Waals surface area contributed by atoms with Crippen LogP contribution in [0.2, 0.25) is 0 Å². The molecule has 1 amide bonds. The van der Waals surface area contributed by atoms with Crippen molar-refractivity contribution in [3.8, 4) is 0 Å². The summed E-state index contributed by atoms with van der Waals surface area (Å²) in [7, 11) is 0. The van der Waals surface area contributed by atoms with Crippen molar-refractivity contribution < 1.29 is 18.0 Å². The summed E-state index contributed by atoms with van der Waals surface area (Å²) in [5, 5.41) is 8.86. The lowest BCUT2D eigenvalue weighted by Gasteiger charge is -2.15. The number of benzene rings is 1. The van der Waals surface area contributed by atoms with Crippen LogP contribution in [0.5, 0.6) is 0 Å². The fourth-order valence-electron chi connectivity index (χ4n) is 2.32. The van der Waals surface area contributed by atoms with Crippen molar-refractivity contribution in [2.45, 2.75) is 39.3 Å². The topological polar surface area (TPSA) is 65.5 Å². The molecule has 0 heterocycles. The number of hydrogen-bond acceptors (Lipinski definition) is 2. The number of carbonyl (C=O) groups is 1. The van der Waals surface area contributed by atoms with Gasteiger partial charge in [-0.05, 0) is 30.9 Å². The van der Waals surface area contributed by atoms with Gasteiger partial charge >= 0.3 is 6.18 Å². The Morgan fingerprint density at radius 2 is 1.88 bits per heavy atom. The zero-order valence-electron chi connectivity index (χ0n) is 15.4. The number of carbonyl (C=O) groups excluding carboxylic acids is 1. The van der Waals surface area contributed by atoms with E-state index in [1.807, 2.05) is 13.8 Å². The second-order valence-corrected chi connectivity index (χ2v) is 5.98. The van der Waals surface area contributed by atoms with E-state index in [4.69, 9.17) is 0 Å². The van der Waals surface area contributed by atoms with Gasteiger partial charge in [0.25, 0.3) is 0 Å². The maximum absolute atomic E-state index is 12.8. The van der Waals surface area contributed by atoms with Gasteiger partial charge in [-0.1, -0.05) is 25.1 Å². The first kappa shape index (κ1) is 21.8. The Balaban J connectivity index is 2.56. The summed E-state index contributed by atoms with van der Waals surface area (Å²) in [5.74, 6) is 0.487. The van der Waals surface area contributed by atoms with Gasteiger partial charge in [-0.15, -0.1) is 0 Å². The van der Waals surface area contributed by atoms with E-state index < -0.39 is 11.7 Å². The molecule has 0 aliphatic heterocycles. The van der Waals surface area contributed by atoms with Crippen LogP contribution < -0.4 is 16.0 Å². The number of rotatable bonds is 8. The maximum atomic E-state index is 12.8. The summed E-state index contributed by atoms with van der Waals surface area (Å²) < 4.78 is 38.4. The van der Waals surface area contributed by atoms with E-state index in [0.29, 0.717) is 44.1 Å². The molecule has 0 aromatic heterocycles. The maximum Gasteiger partial charge on any atom is 0.416 e. The van der Waals surface area contributed by atoms with Gasteiger partial charge in [-0.25, -0.2) is 0 Å². The van der Waals surface area contributed by atoms with E-state index in [0.717, 1.165) is 6.07 Å². The van der Waals surface area contributed by atoms with Gasteiger partial charge in [0.1, 0.15) is 0 Å². The van der Waals surface area contributed by atoms with Crippen molar-refractivity contribution in [2.75, 3.05) is 26.2 Å². The Morgan fingerprint density at radius 3 is 2.50 bits per heavy atom. The highest BCUT2D eigenvalue weighted by Crippen LogP contribution is 2.31. The Morgan fingerprint density at radius 1 is 1.19 bits per heavy atom. The highest BCUT2D eigenvalue weighted by atomic mass is 19.4. The van der Waals surface area contributed by atoms with Crippen molar-refractivity contribution >= 4 is 11.9 Å². The van der Waals surface area contributed by atoms with Crippen LogP contribution in [0.3, 0.4) is 0 Å². The van der Waals surface area contributed by atoms with E-state index in [1.165, 1.54) is 19.1 Å². The third kappa shape index (κ3) is 8.22. The predicted molar refractivity (Wildman–Crippen MR) is 97.1 cm³/mol. The number of guanidine groups is 1. The minimum Gasteiger partial charge on any atom is -0.357 e. The molecule has 0 bridgehead atoms. The molecule has 1 aromatic carbocycles. The quantitative estimate of drug-likeness (QED) is 0.373. The lowest BCUT2D eigenvalue weighted by molar-refractivity contribution is -0.137. The lowest BCUT2D eigenvalue weighted by Crippen LogP contribution is -2.41. The van der Waals surface area contributed by atoms with Crippen molar-refractivity contribution in [1.29, 1.82) is 0 Å². The molecule has 0 saturated heterocycles. The average Bonchev–Trinajstić information content (AvgIpc) is 2.57. The molecule has 1 unspecified atom stereocenters. The molecule has 1 atom stereocenters. The number of nitrogens with one attached hydrogen (secondary N) is 3. The smallest absolute Gasteiger partial charge is 0.357 e. The van der Waals surface area contributed by atoms with Crippen LogP contribution in [0.1, 0.15) is 44.2 Å². The summed E-state index contributed by atoms with van der Waals surface area (Å²) in [4.78, 5) is 15.3. The molecular formula is C18H27F3N4O. The van der Waals surface area contributed by atoms with E-state index >= 15 is 0 Å². The molecule has 0 fully saturated rings. The van der Waals surface area contributed by atoms with Crippen LogP contribution in [-0.2, 0) is 11.0 Å². The molecule has 3 N–H and O–H groups in total. The van der Waals surface area contributed by atoms with Gasteiger partial charge in [0.15, 0.2) is 5.96 Å². The Labute approximate surface area is 152 Å². The number of halogens is 3. The summed E-state index contributed by atoms with van der Waals surface area (Å²) in [5.41, 5.74) is 0.0250. The zero-order valence-corrected chi connectivity index (χ0v) is 15.4. The van der Waals surface area contributed by atoms with E-state index in [2.05, 4.69) is 20.9 Å². The van der Waals surface area contributed by atoms with Gasteiger partial charge in [0.05, 0.1) is 5.56 Å². The molecular weight excluding hydrogens is 345 g/mol. The third-order valence-electron chi connectivity index (χ3n) is 3.75. The molecule has 0 saturated carbocycles. The summed E-state index contributed by atoms with van der Waals surface area (Å²) >= 11 is 0. The summed E-state index contributed by atoms with van der Waals surface area (Å²) in [6.07, 6.45) is -3.70. The van der Waals surface area contributed by atoms with Crippen LogP contribution in [0, 0.1) is 0 Å². The molecule has 0 spiro atoms. The van der Waals surface area contributed by atoms with Crippen molar-refractivity contribution in [3.63, 3.8) is 0 Å². The Hall–Kier alpha value is -2.25. The van der Waals surface area contributed by atoms with Gasteiger partial charge in [-0.3, -0.25) is 9.79 Å². The fourth-order valence-corrected chi connectivity index (χ4v) is 2.32. The van der Waals surface area contributed by atoms with Crippen molar-refractivity contribution in [1.82, 2.24) is 16.0 Å². The SMILES string of the molecule is CCNC(=NCCC(C)c1cccc(C(F)(F)F)c1)NCCNC(C)=O.